The zero-order valence-corrected chi connectivity index (χ0v) is 11.9. The Bertz CT molecular complexity index is 461. The molecule has 1 aliphatic rings. The molecule has 0 amide bonds. The van der Waals surface area contributed by atoms with Crippen molar-refractivity contribution in [2.45, 2.75) is 45.4 Å². The van der Waals surface area contributed by atoms with Gasteiger partial charge in [-0.2, -0.15) is 0 Å². The Kier molecular flexibility index (Phi) is 3.83. The molecule has 1 aliphatic carbocycles. The highest BCUT2D eigenvalue weighted by Crippen LogP contribution is 2.41. The number of hydrogen-bond acceptors (Lipinski definition) is 3. The van der Waals surface area contributed by atoms with E-state index in [0.717, 1.165) is 12.0 Å². The maximum atomic E-state index is 13.7. The maximum Gasteiger partial charge on any atom is 0.165 e. The van der Waals surface area contributed by atoms with E-state index in [1.165, 1.54) is 13.2 Å². The van der Waals surface area contributed by atoms with E-state index >= 15 is 0 Å². The number of halogens is 1. The Morgan fingerprint density at radius 3 is 2.63 bits per heavy atom. The Morgan fingerprint density at radius 2 is 2.16 bits per heavy atom. The van der Waals surface area contributed by atoms with Gasteiger partial charge in [0.1, 0.15) is 0 Å². The van der Waals surface area contributed by atoms with E-state index in [-0.39, 0.29) is 35.2 Å². The Balaban J connectivity index is 2.05. The lowest BCUT2D eigenvalue weighted by Gasteiger charge is -2.50. The number of aliphatic hydroxyl groups is 1. The molecule has 3 atom stereocenters. The largest absolute Gasteiger partial charge is 0.494 e. The molecule has 19 heavy (non-hydrogen) atoms. The van der Waals surface area contributed by atoms with Crippen LogP contribution in [0.5, 0.6) is 5.75 Å². The van der Waals surface area contributed by atoms with Gasteiger partial charge in [-0.15, -0.1) is 0 Å². The molecule has 2 N–H and O–H groups in total. The van der Waals surface area contributed by atoms with E-state index in [2.05, 4.69) is 5.32 Å². The average molecular weight is 267 g/mol. The van der Waals surface area contributed by atoms with Crippen molar-refractivity contribution in [2.75, 3.05) is 7.11 Å². The van der Waals surface area contributed by atoms with Crippen LogP contribution in [0.2, 0.25) is 0 Å². The van der Waals surface area contributed by atoms with Gasteiger partial charge in [0.05, 0.1) is 13.2 Å². The molecule has 0 radical (unpaired) electrons. The fraction of sp³-hybridized carbons (Fsp3) is 0.600. The number of nitrogens with one attached hydrogen (secondary N) is 1. The predicted octanol–water partition coefficient (Wildman–Crippen LogP) is 2.64. The van der Waals surface area contributed by atoms with Crippen LogP contribution in [0, 0.1) is 11.2 Å². The van der Waals surface area contributed by atoms with Crippen molar-refractivity contribution in [3.63, 3.8) is 0 Å². The molecule has 1 aromatic carbocycles. The van der Waals surface area contributed by atoms with Crippen LogP contribution in [0.15, 0.2) is 18.2 Å². The van der Waals surface area contributed by atoms with Crippen LogP contribution in [-0.4, -0.2) is 24.4 Å². The van der Waals surface area contributed by atoms with Gasteiger partial charge >= 0.3 is 0 Å². The molecule has 3 nitrogen and oxygen atoms in total. The Labute approximate surface area is 113 Å². The van der Waals surface area contributed by atoms with Gasteiger partial charge in [0, 0.05) is 17.5 Å². The highest BCUT2D eigenvalue weighted by Gasteiger charge is 2.47. The van der Waals surface area contributed by atoms with Crippen LogP contribution in [0.3, 0.4) is 0 Å². The second-order valence-corrected chi connectivity index (χ2v) is 5.91. The van der Waals surface area contributed by atoms with Gasteiger partial charge in [-0.3, -0.25) is 0 Å². The summed E-state index contributed by atoms with van der Waals surface area (Å²) in [6.45, 7) is 6.09. The molecule has 0 bridgehead atoms. The number of hydrogen-bond donors (Lipinski definition) is 2. The molecule has 0 spiro atoms. The third-order valence-corrected chi connectivity index (χ3v) is 4.34. The van der Waals surface area contributed by atoms with Gasteiger partial charge < -0.3 is 15.2 Å². The topological polar surface area (TPSA) is 41.5 Å². The van der Waals surface area contributed by atoms with E-state index in [1.54, 1.807) is 6.07 Å². The number of benzene rings is 1. The molecule has 0 aromatic heterocycles. The second-order valence-electron chi connectivity index (χ2n) is 5.91. The first kappa shape index (κ1) is 14.3. The van der Waals surface area contributed by atoms with Crippen LogP contribution in [0.25, 0.3) is 0 Å². The number of rotatable bonds is 4. The number of aliphatic hydroxyl groups excluding tert-OH is 1. The molecule has 2 rings (SSSR count). The smallest absolute Gasteiger partial charge is 0.165 e. The summed E-state index contributed by atoms with van der Waals surface area (Å²) in [6.07, 6.45) is 0.487. The summed E-state index contributed by atoms with van der Waals surface area (Å²) in [5.41, 5.74) is 0.759. The highest BCUT2D eigenvalue weighted by molar-refractivity contribution is 5.31. The molecular weight excluding hydrogens is 245 g/mol. The normalized spacial score (nSPS) is 26.6. The van der Waals surface area contributed by atoms with Crippen molar-refractivity contribution in [1.82, 2.24) is 5.32 Å². The quantitative estimate of drug-likeness (QED) is 0.881. The lowest BCUT2D eigenvalue weighted by molar-refractivity contribution is -0.0754. The molecule has 0 aliphatic heterocycles. The minimum absolute atomic E-state index is 0.0391. The first-order valence-corrected chi connectivity index (χ1v) is 6.63. The summed E-state index contributed by atoms with van der Waals surface area (Å²) < 4.78 is 18.6. The van der Waals surface area contributed by atoms with Crippen LogP contribution >= 0.6 is 0 Å². The van der Waals surface area contributed by atoms with Crippen LogP contribution < -0.4 is 10.1 Å². The van der Waals surface area contributed by atoms with E-state index in [0.29, 0.717) is 0 Å². The standard InChI is InChI=1S/C15H22FNO2/c1-9(17-13-8-14(18)15(13,2)3)10-5-6-12(19-4)11(16)7-10/h5-7,9,13-14,17-18H,8H2,1-4H3. The van der Waals surface area contributed by atoms with Crippen molar-refractivity contribution >= 4 is 0 Å². The third-order valence-electron chi connectivity index (χ3n) is 4.34. The molecule has 4 heteroatoms. The zero-order valence-electron chi connectivity index (χ0n) is 11.9. The second kappa shape index (κ2) is 5.10. The molecule has 1 aromatic rings. The highest BCUT2D eigenvalue weighted by atomic mass is 19.1. The van der Waals surface area contributed by atoms with Gasteiger partial charge in [0.25, 0.3) is 0 Å². The monoisotopic (exact) mass is 267 g/mol. The molecule has 1 fully saturated rings. The number of methoxy groups -OCH3 is 1. The minimum Gasteiger partial charge on any atom is -0.494 e. The predicted molar refractivity (Wildman–Crippen MR) is 72.7 cm³/mol. The lowest BCUT2D eigenvalue weighted by atomic mass is 9.64. The van der Waals surface area contributed by atoms with Crippen molar-refractivity contribution in [1.29, 1.82) is 0 Å². The van der Waals surface area contributed by atoms with Crippen molar-refractivity contribution in [2.24, 2.45) is 5.41 Å². The first-order valence-electron chi connectivity index (χ1n) is 6.63. The van der Waals surface area contributed by atoms with Crippen LogP contribution in [0.1, 0.15) is 38.8 Å². The summed E-state index contributed by atoms with van der Waals surface area (Å²) >= 11 is 0. The van der Waals surface area contributed by atoms with E-state index in [9.17, 15) is 9.50 Å². The first-order chi connectivity index (χ1) is 8.86. The van der Waals surface area contributed by atoms with Gasteiger partial charge in [0.15, 0.2) is 11.6 Å². The Hall–Kier alpha value is -1.13. The zero-order chi connectivity index (χ0) is 14.2. The average Bonchev–Trinajstić information content (AvgIpc) is 2.38. The molecular formula is C15H22FNO2. The van der Waals surface area contributed by atoms with Gasteiger partial charge in [0.2, 0.25) is 0 Å². The van der Waals surface area contributed by atoms with E-state index in [1.807, 2.05) is 26.8 Å². The van der Waals surface area contributed by atoms with Crippen LogP contribution in [-0.2, 0) is 0 Å². The van der Waals surface area contributed by atoms with Crippen LogP contribution in [0.4, 0.5) is 4.39 Å². The molecule has 3 unspecified atom stereocenters. The summed E-state index contributed by atoms with van der Waals surface area (Å²) in [7, 11) is 1.46. The fourth-order valence-electron chi connectivity index (χ4n) is 2.54. The lowest BCUT2D eigenvalue weighted by Crippen LogP contribution is -2.60. The van der Waals surface area contributed by atoms with Gasteiger partial charge in [-0.05, 0) is 31.0 Å². The number of ether oxygens (including phenoxy) is 1. The fourth-order valence-corrected chi connectivity index (χ4v) is 2.54. The van der Waals surface area contributed by atoms with Gasteiger partial charge in [-0.1, -0.05) is 19.9 Å². The van der Waals surface area contributed by atoms with Crippen molar-refractivity contribution in [3.8, 4) is 5.75 Å². The minimum atomic E-state index is -0.346. The molecule has 1 saturated carbocycles. The third kappa shape index (κ3) is 2.60. The molecule has 106 valence electrons. The molecule has 0 heterocycles. The van der Waals surface area contributed by atoms with Crippen molar-refractivity contribution < 1.29 is 14.2 Å². The van der Waals surface area contributed by atoms with Gasteiger partial charge in [-0.25, -0.2) is 4.39 Å². The molecule has 0 saturated heterocycles. The summed E-state index contributed by atoms with van der Waals surface area (Å²) in [4.78, 5) is 0. The summed E-state index contributed by atoms with van der Waals surface area (Å²) in [6, 6.07) is 5.30. The summed E-state index contributed by atoms with van der Waals surface area (Å²) in [5, 5.41) is 13.2. The van der Waals surface area contributed by atoms with E-state index < -0.39 is 0 Å². The maximum absolute atomic E-state index is 13.7. The van der Waals surface area contributed by atoms with E-state index in [4.69, 9.17) is 4.74 Å². The Morgan fingerprint density at radius 1 is 1.47 bits per heavy atom. The van der Waals surface area contributed by atoms with Crippen molar-refractivity contribution in [3.05, 3.63) is 29.6 Å². The SMILES string of the molecule is COc1ccc(C(C)NC2CC(O)C2(C)C)cc1F. The summed E-state index contributed by atoms with van der Waals surface area (Å²) in [5.74, 6) is -0.0862.